The van der Waals surface area contributed by atoms with E-state index < -0.39 is 0 Å². The fourth-order valence-electron chi connectivity index (χ4n) is 0.796. The van der Waals surface area contributed by atoms with Crippen molar-refractivity contribution in [1.82, 2.24) is 0 Å². The van der Waals surface area contributed by atoms with Crippen LogP contribution in [0.4, 0.5) is 0 Å². The number of halogens is 1. The average Bonchev–Trinajstić information content (AvgIpc) is 1.87. The van der Waals surface area contributed by atoms with Crippen molar-refractivity contribution in [3.05, 3.63) is 12.2 Å². The number of allylic oxidation sites excluding steroid dienone is 2. The SMILES string of the molecule is CCCCC/C=C/C(C)Cl. The summed E-state index contributed by atoms with van der Waals surface area (Å²) in [7, 11) is 0. The molecule has 0 aromatic heterocycles. The van der Waals surface area contributed by atoms with E-state index >= 15 is 0 Å². The van der Waals surface area contributed by atoms with E-state index in [1.165, 1.54) is 25.7 Å². The minimum absolute atomic E-state index is 0.196. The summed E-state index contributed by atoms with van der Waals surface area (Å²) in [6.07, 6.45) is 9.34. The van der Waals surface area contributed by atoms with Gasteiger partial charge in [-0.3, -0.25) is 0 Å². The molecule has 0 saturated carbocycles. The first-order valence-electron chi connectivity index (χ1n) is 4.08. The highest BCUT2D eigenvalue weighted by Crippen LogP contribution is 2.02. The van der Waals surface area contributed by atoms with Gasteiger partial charge in [0.2, 0.25) is 0 Å². The maximum atomic E-state index is 5.70. The molecule has 0 nitrogen and oxygen atoms in total. The summed E-state index contributed by atoms with van der Waals surface area (Å²) >= 11 is 5.70. The molecule has 0 aliphatic carbocycles. The summed E-state index contributed by atoms with van der Waals surface area (Å²) in [5, 5.41) is 0.196. The molecule has 60 valence electrons. The van der Waals surface area contributed by atoms with Crippen LogP contribution in [-0.4, -0.2) is 5.38 Å². The molecule has 0 aliphatic rings. The molecule has 0 aromatic carbocycles. The maximum absolute atomic E-state index is 5.70. The number of rotatable bonds is 5. The Morgan fingerprint density at radius 1 is 1.40 bits per heavy atom. The molecule has 0 heterocycles. The summed E-state index contributed by atoms with van der Waals surface area (Å²) in [5.41, 5.74) is 0. The van der Waals surface area contributed by atoms with Gasteiger partial charge in [-0.05, 0) is 19.8 Å². The Balaban J connectivity index is 3.02. The Morgan fingerprint density at radius 3 is 2.60 bits per heavy atom. The van der Waals surface area contributed by atoms with Crippen LogP contribution in [0.15, 0.2) is 12.2 Å². The predicted octanol–water partition coefficient (Wildman–Crippen LogP) is 3.75. The van der Waals surface area contributed by atoms with Crippen LogP contribution in [0.5, 0.6) is 0 Å². The van der Waals surface area contributed by atoms with E-state index in [0.717, 1.165) is 0 Å². The van der Waals surface area contributed by atoms with E-state index in [1.807, 2.05) is 6.92 Å². The molecule has 0 radical (unpaired) electrons. The van der Waals surface area contributed by atoms with Crippen LogP contribution >= 0.6 is 11.6 Å². The van der Waals surface area contributed by atoms with E-state index in [9.17, 15) is 0 Å². The van der Waals surface area contributed by atoms with Gasteiger partial charge in [0.15, 0.2) is 0 Å². The second-order valence-corrected chi connectivity index (χ2v) is 3.29. The van der Waals surface area contributed by atoms with Gasteiger partial charge >= 0.3 is 0 Å². The monoisotopic (exact) mass is 160 g/mol. The first-order valence-corrected chi connectivity index (χ1v) is 4.51. The van der Waals surface area contributed by atoms with Crippen molar-refractivity contribution in [3.8, 4) is 0 Å². The molecule has 1 atom stereocenters. The highest BCUT2D eigenvalue weighted by atomic mass is 35.5. The fraction of sp³-hybridized carbons (Fsp3) is 0.778. The maximum Gasteiger partial charge on any atom is 0.0487 e. The average molecular weight is 161 g/mol. The van der Waals surface area contributed by atoms with E-state index in [-0.39, 0.29) is 5.38 Å². The van der Waals surface area contributed by atoms with E-state index in [4.69, 9.17) is 11.6 Å². The lowest BCUT2D eigenvalue weighted by molar-refractivity contribution is 0.728. The molecule has 0 bridgehead atoms. The topological polar surface area (TPSA) is 0 Å². The molecule has 0 saturated heterocycles. The molecule has 0 N–H and O–H groups in total. The minimum Gasteiger partial charge on any atom is -0.119 e. The van der Waals surface area contributed by atoms with Crippen molar-refractivity contribution in [2.45, 2.75) is 44.9 Å². The van der Waals surface area contributed by atoms with Gasteiger partial charge in [-0.2, -0.15) is 0 Å². The standard InChI is InChI=1S/C9H17Cl/c1-3-4-5-6-7-8-9(2)10/h7-9H,3-6H2,1-2H3/b8-7+. The Morgan fingerprint density at radius 2 is 2.10 bits per heavy atom. The summed E-state index contributed by atoms with van der Waals surface area (Å²) in [6.45, 7) is 4.20. The minimum atomic E-state index is 0.196. The number of unbranched alkanes of at least 4 members (excludes halogenated alkanes) is 3. The molecular formula is C9H17Cl. The van der Waals surface area contributed by atoms with Gasteiger partial charge in [-0.25, -0.2) is 0 Å². The molecule has 0 amide bonds. The summed E-state index contributed by atoms with van der Waals surface area (Å²) in [6, 6.07) is 0. The molecule has 10 heavy (non-hydrogen) atoms. The normalized spacial score (nSPS) is 14.3. The number of hydrogen-bond acceptors (Lipinski definition) is 0. The molecular weight excluding hydrogens is 144 g/mol. The molecule has 1 heteroatoms. The first-order chi connectivity index (χ1) is 4.77. The van der Waals surface area contributed by atoms with Gasteiger partial charge in [0.05, 0.1) is 0 Å². The van der Waals surface area contributed by atoms with Crippen LogP contribution in [0.3, 0.4) is 0 Å². The quantitative estimate of drug-likeness (QED) is 0.327. The third kappa shape index (κ3) is 8.03. The lowest BCUT2D eigenvalue weighted by Gasteiger charge is -1.92. The van der Waals surface area contributed by atoms with Crippen LogP contribution in [0.2, 0.25) is 0 Å². The Labute approximate surface area is 69.3 Å². The summed E-state index contributed by atoms with van der Waals surface area (Å²) in [5.74, 6) is 0. The molecule has 0 aromatic rings. The van der Waals surface area contributed by atoms with E-state index in [2.05, 4.69) is 19.1 Å². The van der Waals surface area contributed by atoms with Crippen molar-refractivity contribution >= 4 is 11.6 Å². The first kappa shape index (κ1) is 10.0. The Kier molecular flexibility index (Phi) is 7.16. The van der Waals surface area contributed by atoms with Gasteiger partial charge in [0.25, 0.3) is 0 Å². The van der Waals surface area contributed by atoms with Crippen molar-refractivity contribution in [3.63, 3.8) is 0 Å². The number of alkyl halides is 1. The van der Waals surface area contributed by atoms with Crippen LogP contribution < -0.4 is 0 Å². The third-order valence-electron chi connectivity index (χ3n) is 1.38. The lowest BCUT2D eigenvalue weighted by Crippen LogP contribution is -1.80. The highest BCUT2D eigenvalue weighted by Gasteiger charge is 1.85. The van der Waals surface area contributed by atoms with E-state index in [1.54, 1.807) is 0 Å². The predicted molar refractivity (Wildman–Crippen MR) is 48.6 cm³/mol. The van der Waals surface area contributed by atoms with Gasteiger partial charge in [-0.1, -0.05) is 31.9 Å². The second-order valence-electron chi connectivity index (χ2n) is 2.60. The summed E-state index contributed by atoms with van der Waals surface area (Å²) in [4.78, 5) is 0. The zero-order chi connectivity index (χ0) is 7.82. The van der Waals surface area contributed by atoms with Crippen LogP contribution in [0.1, 0.15) is 39.5 Å². The van der Waals surface area contributed by atoms with Crippen LogP contribution in [0, 0.1) is 0 Å². The molecule has 0 spiro atoms. The van der Waals surface area contributed by atoms with Gasteiger partial charge in [-0.15, -0.1) is 11.6 Å². The fourth-order valence-corrected chi connectivity index (χ4v) is 0.899. The van der Waals surface area contributed by atoms with Crippen LogP contribution in [0.25, 0.3) is 0 Å². The zero-order valence-corrected chi connectivity index (χ0v) is 7.69. The Bertz CT molecular complexity index is 84.7. The third-order valence-corrected chi connectivity index (χ3v) is 1.52. The van der Waals surface area contributed by atoms with Crippen molar-refractivity contribution in [2.75, 3.05) is 0 Å². The molecule has 0 rings (SSSR count). The van der Waals surface area contributed by atoms with Crippen molar-refractivity contribution < 1.29 is 0 Å². The molecule has 0 aliphatic heterocycles. The molecule has 1 unspecified atom stereocenters. The molecule has 0 fully saturated rings. The largest absolute Gasteiger partial charge is 0.119 e. The summed E-state index contributed by atoms with van der Waals surface area (Å²) < 4.78 is 0. The van der Waals surface area contributed by atoms with Crippen molar-refractivity contribution in [1.29, 1.82) is 0 Å². The van der Waals surface area contributed by atoms with Crippen LogP contribution in [-0.2, 0) is 0 Å². The Hall–Kier alpha value is 0.0300. The van der Waals surface area contributed by atoms with E-state index in [0.29, 0.717) is 0 Å². The van der Waals surface area contributed by atoms with Crippen molar-refractivity contribution in [2.24, 2.45) is 0 Å². The highest BCUT2D eigenvalue weighted by molar-refractivity contribution is 6.21. The van der Waals surface area contributed by atoms with Gasteiger partial charge < -0.3 is 0 Å². The number of hydrogen-bond donors (Lipinski definition) is 0. The lowest BCUT2D eigenvalue weighted by atomic mass is 10.2. The second kappa shape index (κ2) is 7.14. The van der Waals surface area contributed by atoms with Gasteiger partial charge in [0, 0.05) is 5.38 Å². The zero-order valence-electron chi connectivity index (χ0n) is 6.94. The van der Waals surface area contributed by atoms with Gasteiger partial charge in [0.1, 0.15) is 0 Å². The smallest absolute Gasteiger partial charge is 0.0487 e.